The van der Waals surface area contributed by atoms with Gasteiger partial charge in [-0.1, -0.05) is 243 Å². The van der Waals surface area contributed by atoms with Gasteiger partial charge in [0.15, 0.2) is 0 Å². The lowest BCUT2D eigenvalue weighted by molar-refractivity contribution is 0.167. The molecule has 0 aromatic carbocycles. The molecule has 0 aromatic rings. The van der Waals surface area contributed by atoms with Gasteiger partial charge in [0.05, 0.1) is 13.2 Å². The topological polar surface area (TPSA) is 42.5 Å². The van der Waals surface area contributed by atoms with Crippen molar-refractivity contribution in [3.63, 3.8) is 0 Å². The Balaban J connectivity index is 0.000000459. The summed E-state index contributed by atoms with van der Waals surface area (Å²) in [7, 11) is 0. The number of nitrogens with one attached hydrogen (secondary N) is 2. The minimum absolute atomic E-state index is 0.472. The van der Waals surface area contributed by atoms with Crippen LogP contribution < -0.4 is 10.6 Å². The molecule has 12 rings (SSSR count). The van der Waals surface area contributed by atoms with Crippen molar-refractivity contribution in [2.24, 2.45) is 65.0 Å². The normalized spacial score (nSPS) is 28.1. The molecule has 5 saturated carbocycles. The zero-order valence-corrected chi connectivity index (χ0v) is 63.7. The molecule has 12 aliphatic rings. The highest BCUT2D eigenvalue weighted by Gasteiger charge is 2.31. The maximum Gasteiger partial charge on any atom is 0.0517 e. The van der Waals surface area contributed by atoms with Crippen LogP contribution >= 0.6 is 23.5 Å². The number of hydrogen-bond donors (Lipinski definition) is 2. The maximum absolute atomic E-state index is 5.16. The van der Waals surface area contributed by atoms with Gasteiger partial charge in [-0.05, 0) is 217 Å². The molecule has 0 atom stereocenters. The first kappa shape index (κ1) is 82.3. The van der Waals surface area contributed by atoms with Crippen LogP contribution in [0.1, 0.15) is 346 Å². The average molecular weight is 1220 g/mol. The second kappa shape index (κ2) is 39.0. The second-order valence-corrected chi connectivity index (χ2v) is 40.2. The van der Waals surface area contributed by atoms with Crippen molar-refractivity contribution in [3.05, 3.63) is 12.2 Å². The molecule has 0 unspecified atom stereocenters. The van der Waals surface area contributed by atoms with Crippen LogP contribution in [0.25, 0.3) is 0 Å². The Morgan fingerprint density at radius 1 is 0.262 bits per heavy atom. The van der Waals surface area contributed by atoms with Gasteiger partial charge in [-0.3, -0.25) is 0 Å². The van der Waals surface area contributed by atoms with E-state index in [0.29, 0.717) is 54.1 Å². The van der Waals surface area contributed by atoms with E-state index in [2.05, 4.69) is 212 Å². The van der Waals surface area contributed by atoms with E-state index in [1.807, 2.05) is 0 Å². The number of allylic oxidation sites excluding steroid dienone is 2. The van der Waals surface area contributed by atoms with Gasteiger partial charge in [-0.25, -0.2) is 0 Å². The minimum atomic E-state index is 0.472. The number of thioether (sulfide) groups is 2. The van der Waals surface area contributed by atoms with Crippen LogP contribution in [0, 0.1) is 65.0 Å². The van der Waals surface area contributed by atoms with Crippen molar-refractivity contribution in [2.75, 3.05) is 75.6 Å². The van der Waals surface area contributed by atoms with Gasteiger partial charge >= 0.3 is 0 Å². The molecule has 0 radical (unpaired) electrons. The van der Waals surface area contributed by atoms with E-state index >= 15 is 0 Å². The van der Waals surface area contributed by atoms with Crippen molar-refractivity contribution in [3.8, 4) is 0 Å². The zero-order valence-electron chi connectivity index (χ0n) is 62.1. The molecular weight excluding hydrogens is 1060 g/mol. The van der Waals surface area contributed by atoms with Gasteiger partial charge in [0.25, 0.3) is 0 Å². The van der Waals surface area contributed by atoms with E-state index in [1.165, 1.54) is 229 Å². The van der Waals surface area contributed by atoms with Gasteiger partial charge < -0.3 is 20.1 Å². The summed E-state index contributed by atoms with van der Waals surface area (Å²) in [6, 6.07) is 0. The lowest BCUT2D eigenvalue weighted by Gasteiger charge is -2.33. The summed E-state index contributed by atoms with van der Waals surface area (Å²) in [6.45, 7) is 64.3. The molecule has 6 heteroatoms. The third-order valence-corrected chi connectivity index (χ3v) is 22.9. The summed E-state index contributed by atoms with van der Waals surface area (Å²) in [5.74, 6) is 5.50. The van der Waals surface area contributed by atoms with Crippen LogP contribution in [-0.4, -0.2) is 75.6 Å². The summed E-state index contributed by atoms with van der Waals surface area (Å²) in [6.07, 6.45) is 44.2. The summed E-state index contributed by atoms with van der Waals surface area (Å²) in [5, 5.41) is 6.62. The zero-order chi connectivity index (χ0) is 63.9. The Labute approximate surface area is 539 Å². The molecule has 4 nitrogen and oxygen atoms in total. The summed E-state index contributed by atoms with van der Waals surface area (Å²) in [5.41, 5.74) is 7.52. The molecule has 6 saturated heterocycles. The molecular formula is C78H156N2O2S2. The van der Waals surface area contributed by atoms with Gasteiger partial charge in [-0.2, -0.15) is 23.5 Å². The molecule has 0 bridgehead atoms. The number of hydrogen-bond acceptors (Lipinski definition) is 6. The largest absolute Gasteiger partial charge is 0.381 e. The Hall–Kier alpha value is 0.280. The molecule has 0 amide bonds. The third kappa shape index (κ3) is 48.1. The molecule has 6 heterocycles. The first-order valence-corrected chi connectivity index (χ1v) is 38.2. The molecule has 2 N–H and O–H groups in total. The Morgan fingerprint density at radius 3 is 0.643 bits per heavy atom. The summed E-state index contributed by atoms with van der Waals surface area (Å²) >= 11 is 4.16. The van der Waals surface area contributed by atoms with Crippen LogP contribution in [0.15, 0.2) is 12.2 Å². The lowest BCUT2D eigenvalue weighted by Crippen LogP contribution is -2.20. The standard InChI is InChI=1S/C9H18.C8H16.C7H14.C7H12.2C6H13N.2C6H12O.2C6H12S.C6H12.C5H10/c1-9(2)7-5-3-4-6-8-9;1-8(2)6-4-3-5-7-8;2*1-7(2)5-3-4-6-7;6*1-6(2)3-4-7-5-6;1-6(2)4-3-5-6;1-5(2)3-4-5/h3-8H2,1-2H3;3-7H2,1-2H3;3-6H2,1-2H3;3-4H,5-6H2,1-2H3;2*7H,3-5H2,1-2H3;4*3-5H2,1-2H3;3-5H2,1-2H3;3-4H2,1-2H3. The molecule has 84 heavy (non-hydrogen) atoms. The second-order valence-electron chi connectivity index (χ2n) is 37.9. The SMILES string of the molecule is CC1(C)CC1.CC1(C)CC=CC1.CC1(C)CCC1.CC1(C)CCCC1.CC1(C)CCCCC1.CC1(C)CCCCCC1.CC1(C)CCNC1.CC1(C)CCNC1.CC1(C)CCOC1.CC1(C)CCOC1.CC1(C)CCSC1.CC1(C)CCSC1. The van der Waals surface area contributed by atoms with Crippen molar-refractivity contribution in [1.29, 1.82) is 0 Å². The van der Waals surface area contributed by atoms with Crippen LogP contribution in [-0.2, 0) is 9.47 Å². The summed E-state index contributed by atoms with van der Waals surface area (Å²) in [4.78, 5) is 0. The van der Waals surface area contributed by atoms with E-state index in [4.69, 9.17) is 9.47 Å². The van der Waals surface area contributed by atoms with E-state index in [0.717, 1.165) is 37.3 Å². The highest BCUT2D eigenvalue weighted by Crippen LogP contribution is 2.44. The minimum Gasteiger partial charge on any atom is -0.381 e. The number of rotatable bonds is 0. The van der Waals surface area contributed by atoms with Crippen molar-refractivity contribution in [2.45, 2.75) is 346 Å². The van der Waals surface area contributed by atoms with Crippen LogP contribution in [0.4, 0.5) is 0 Å². The molecule has 502 valence electrons. The Kier molecular flexibility index (Phi) is 38.2. The van der Waals surface area contributed by atoms with Crippen molar-refractivity contribution < 1.29 is 9.47 Å². The van der Waals surface area contributed by atoms with E-state index in [1.54, 1.807) is 0 Å². The first-order chi connectivity index (χ1) is 38.5. The van der Waals surface area contributed by atoms with Gasteiger partial charge in [0.1, 0.15) is 0 Å². The Morgan fingerprint density at radius 2 is 0.536 bits per heavy atom. The fourth-order valence-electron chi connectivity index (χ4n) is 11.5. The fraction of sp³-hybridized carbons (Fsp3) is 0.974. The highest BCUT2D eigenvalue weighted by atomic mass is 32.2. The van der Waals surface area contributed by atoms with Crippen LogP contribution in [0.3, 0.4) is 0 Å². The number of ether oxygens (including phenoxy) is 2. The van der Waals surface area contributed by atoms with Crippen LogP contribution in [0.2, 0.25) is 0 Å². The van der Waals surface area contributed by atoms with Gasteiger partial charge in [0, 0.05) is 26.3 Å². The third-order valence-electron chi connectivity index (χ3n) is 19.9. The van der Waals surface area contributed by atoms with E-state index < -0.39 is 0 Å². The molecule has 0 spiro atoms. The quantitative estimate of drug-likeness (QED) is 0.186. The Bertz CT molecular complexity index is 1400. The monoisotopic (exact) mass is 1220 g/mol. The summed E-state index contributed by atoms with van der Waals surface area (Å²) < 4.78 is 10.3. The van der Waals surface area contributed by atoms with Gasteiger partial charge in [0.2, 0.25) is 0 Å². The average Bonchev–Trinajstić information content (AvgIpc) is 4.23. The predicted molar refractivity (Wildman–Crippen MR) is 386 cm³/mol. The van der Waals surface area contributed by atoms with Crippen LogP contribution in [0.5, 0.6) is 0 Å². The van der Waals surface area contributed by atoms with Crippen molar-refractivity contribution >= 4 is 23.5 Å². The maximum atomic E-state index is 5.16. The molecule has 6 aliphatic heterocycles. The molecule has 11 fully saturated rings. The fourth-order valence-corrected chi connectivity index (χ4v) is 14.6. The predicted octanol–water partition coefficient (Wildman–Crippen LogP) is 24.5. The first-order valence-electron chi connectivity index (χ1n) is 35.9. The van der Waals surface area contributed by atoms with E-state index in [-0.39, 0.29) is 0 Å². The highest BCUT2D eigenvalue weighted by molar-refractivity contribution is 7.99. The molecule has 0 aromatic heterocycles. The van der Waals surface area contributed by atoms with Gasteiger partial charge in [-0.15, -0.1) is 0 Å². The van der Waals surface area contributed by atoms with Crippen molar-refractivity contribution in [1.82, 2.24) is 10.6 Å². The van der Waals surface area contributed by atoms with E-state index in [9.17, 15) is 0 Å². The lowest BCUT2D eigenvalue weighted by atomic mass is 9.72. The smallest absolute Gasteiger partial charge is 0.0517 e. The molecule has 6 aliphatic carbocycles.